The minimum absolute atomic E-state index is 0.190. The van der Waals surface area contributed by atoms with Crippen LogP contribution in [0.2, 0.25) is 0 Å². The molecule has 2 rings (SSSR count). The van der Waals surface area contributed by atoms with Gasteiger partial charge in [0, 0.05) is 18.7 Å². The van der Waals surface area contributed by atoms with E-state index in [0.717, 1.165) is 31.2 Å². The predicted molar refractivity (Wildman–Crippen MR) is 164 cm³/mol. The normalized spacial score (nSPS) is 13.3. The fourth-order valence-corrected chi connectivity index (χ4v) is 4.49. The standard InChI is InChI=1S/C34H47N3O4/c1-8-11-12-16-23-37(32(39)29(25(4)9-2)36-33(40)41-34(5,6)7)30(28-21-19-26(10-3)20-22-28)31(38)35-24-27-17-14-13-15-18-27/h3,13-15,17-22,25,29-30H,8-9,11-12,16,23-24H2,1-2,4-7H3,(H,35,38)(H,36,40). The predicted octanol–water partition coefficient (Wildman–Crippen LogP) is 6.37. The van der Waals surface area contributed by atoms with Crippen LogP contribution in [-0.2, 0) is 20.9 Å². The molecule has 7 nitrogen and oxygen atoms in total. The lowest BCUT2D eigenvalue weighted by Gasteiger charge is -2.36. The summed E-state index contributed by atoms with van der Waals surface area (Å²) in [6.07, 6.45) is 9.28. The Balaban J connectivity index is 2.51. The number of amides is 3. The molecule has 2 N–H and O–H groups in total. The molecule has 0 aromatic heterocycles. The SMILES string of the molecule is C#Cc1ccc(C(C(=O)NCc2ccccc2)N(CCCCCC)C(=O)C(NC(=O)OC(C)(C)C)C(C)CC)cc1. The lowest BCUT2D eigenvalue weighted by Crippen LogP contribution is -2.55. The van der Waals surface area contributed by atoms with E-state index < -0.39 is 23.8 Å². The third kappa shape index (κ3) is 11.0. The molecule has 0 aliphatic heterocycles. The van der Waals surface area contributed by atoms with Gasteiger partial charge in [-0.3, -0.25) is 9.59 Å². The van der Waals surface area contributed by atoms with Gasteiger partial charge in [0.1, 0.15) is 17.7 Å². The van der Waals surface area contributed by atoms with E-state index in [2.05, 4.69) is 23.5 Å². The van der Waals surface area contributed by atoms with Crippen LogP contribution >= 0.6 is 0 Å². The van der Waals surface area contributed by atoms with Crippen LogP contribution in [0.4, 0.5) is 4.79 Å². The van der Waals surface area contributed by atoms with Crippen LogP contribution in [0.15, 0.2) is 54.6 Å². The molecule has 7 heteroatoms. The van der Waals surface area contributed by atoms with Crippen molar-refractivity contribution in [2.75, 3.05) is 6.54 Å². The van der Waals surface area contributed by atoms with Gasteiger partial charge in [-0.1, -0.05) is 94.8 Å². The summed E-state index contributed by atoms with van der Waals surface area (Å²) in [5, 5.41) is 5.85. The number of unbranched alkanes of at least 4 members (excludes halogenated alkanes) is 3. The number of benzene rings is 2. The van der Waals surface area contributed by atoms with Crippen molar-refractivity contribution in [3.63, 3.8) is 0 Å². The first kappa shape index (κ1) is 33.4. The molecule has 0 radical (unpaired) electrons. The van der Waals surface area contributed by atoms with Gasteiger partial charge in [-0.2, -0.15) is 0 Å². The van der Waals surface area contributed by atoms with Crippen molar-refractivity contribution >= 4 is 17.9 Å². The van der Waals surface area contributed by atoms with Gasteiger partial charge in [-0.15, -0.1) is 6.42 Å². The van der Waals surface area contributed by atoms with Gasteiger partial charge in [0.05, 0.1) is 0 Å². The molecule has 0 heterocycles. The molecular formula is C34H47N3O4. The number of carbonyl (C=O) groups excluding carboxylic acids is 3. The van der Waals surface area contributed by atoms with Crippen LogP contribution < -0.4 is 10.6 Å². The van der Waals surface area contributed by atoms with Crippen molar-refractivity contribution in [3.05, 3.63) is 71.3 Å². The maximum absolute atomic E-state index is 14.4. The maximum Gasteiger partial charge on any atom is 0.408 e. The van der Waals surface area contributed by atoms with Crippen molar-refractivity contribution in [1.29, 1.82) is 0 Å². The quantitative estimate of drug-likeness (QED) is 0.207. The van der Waals surface area contributed by atoms with Crippen LogP contribution in [0.25, 0.3) is 0 Å². The number of ether oxygens (including phenoxy) is 1. The Kier molecular flexibility index (Phi) is 13.4. The molecular weight excluding hydrogens is 514 g/mol. The average Bonchev–Trinajstić information content (AvgIpc) is 2.95. The zero-order valence-corrected chi connectivity index (χ0v) is 25.5. The summed E-state index contributed by atoms with van der Waals surface area (Å²) in [6, 6.07) is 15.0. The summed E-state index contributed by atoms with van der Waals surface area (Å²) in [5.74, 6) is 1.80. The molecule has 2 aromatic carbocycles. The van der Waals surface area contributed by atoms with Gasteiger partial charge in [0.2, 0.25) is 11.8 Å². The Hall–Kier alpha value is -3.79. The second-order valence-electron chi connectivity index (χ2n) is 11.5. The molecule has 3 amide bonds. The lowest BCUT2D eigenvalue weighted by molar-refractivity contribution is -0.143. The average molecular weight is 562 g/mol. The Labute approximate surface area is 246 Å². The Bertz CT molecular complexity index is 1150. The van der Waals surface area contributed by atoms with Gasteiger partial charge in [0.25, 0.3) is 0 Å². The molecule has 2 aromatic rings. The van der Waals surface area contributed by atoms with E-state index in [0.29, 0.717) is 30.6 Å². The summed E-state index contributed by atoms with van der Waals surface area (Å²) in [4.78, 5) is 42.7. The molecule has 0 bridgehead atoms. The molecule has 3 unspecified atom stereocenters. The highest BCUT2D eigenvalue weighted by molar-refractivity contribution is 5.92. The van der Waals surface area contributed by atoms with Crippen LogP contribution in [-0.4, -0.2) is 41.0 Å². The molecule has 0 aliphatic rings. The second kappa shape index (κ2) is 16.5. The maximum atomic E-state index is 14.4. The summed E-state index contributed by atoms with van der Waals surface area (Å²) in [5.41, 5.74) is 1.57. The topological polar surface area (TPSA) is 87.7 Å². The van der Waals surface area contributed by atoms with Gasteiger partial charge < -0.3 is 20.3 Å². The van der Waals surface area contributed by atoms with Crippen LogP contribution in [0, 0.1) is 18.3 Å². The van der Waals surface area contributed by atoms with Gasteiger partial charge in [-0.05, 0) is 56.4 Å². The molecule has 222 valence electrons. The highest BCUT2D eigenvalue weighted by Gasteiger charge is 2.37. The summed E-state index contributed by atoms with van der Waals surface area (Å²) in [7, 11) is 0. The number of alkyl carbamates (subject to hydrolysis) is 1. The summed E-state index contributed by atoms with van der Waals surface area (Å²) in [6.45, 7) is 12.0. The monoisotopic (exact) mass is 561 g/mol. The smallest absolute Gasteiger partial charge is 0.408 e. The minimum atomic E-state index is -0.911. The first-order valence-electron chi connectivity index (χ1n) is 14.7. The third-order valence-electron chi connectivity index (χ3n) is 6.95. The van der Waals surface area contributed by atoms with Crippen molar-refractivity contribution in [2.45, 2.75) is 97.9 Å². The number of nitrogens with zero attached hydrogens (tertiary/aromatic N) is 1. The fraction of sp³-hybridized carbons (Fsp3) is 0.500. The molecule has 0 saturated heterocycles. The van der Waals surface area contributed by atoms with Crippen molar-refractivity contribution in [2.24, 2.45) is 5.92 Å². The first-order chi connectivity index (χ1) is 19.5. The lowest BCUT2D eigenvalue weighted by atomic mass is 9.95. The van der Waals surface area contributed by atoms with Gasteiger partial charge in [-0.25, -0.2) is 4.79 Å². The number of carbonyl (C=O) groups is 3. The third-order valence-corrected chi connectivity index (χ3v) is 6.95. The van der Waals surface area contributed by atoms with E-state index in [1.165, 1.54) is 0 Å². The van der Waals surface area contributed by atoms with Crippen molar-refractivity contribution in [1.82, 2.24) is 15.5 Å². The molecule has 0 fully saturated rings. The van der Waals surface area contributed by atoms with Gasteiger partial charge >= 0.3 is 6.09 Å². The molecule has 0 aliphatic carbocycles. The van der Waals surface area contributed by atoms with E-state index in [-0.39, 0.29) is 17.7 Å². The first-order valence-corrected chi connectivity index (χ1v) is 14.7. The van der Waals surface area contributed by atoms with Gasteiger partial charge in [0.15, 0.2) is 0 Å². The number of hydrogen-bond donors (Lipinski definition) is 2. The van der Waals surface area contributed by atoms with Crippen molar-refractivity contribution < 1.29 is 19.1 Å². The molecule has 41 heavy (non-hydrogen) atoms. The zero-order valence-electron chi connectivity index (χ0n) is 25.5. The number of rotatable bonds is 14. The molecule has 0 saturated carbocycles. The second-order valence-corrected chi connectivity index (χ2v) is 11.5. The molecule has 0 spiro atoms. The number of terminal acetylenes is 1. The Morgan fingerprint density at radius 3 is 2.20 bits per heavy atom. The van der Waals surface area contributed by atoms with E-state index in [9.17, 15) is 14.4 Å². The van der Waals surface area contributed by atoms with Crippen LogP contribution in [0.5, 0.6) is 0 Å². The summed E-state index contributed by atoms with van der Waals surface area (Å²) >= 11 is 0. The Morgan fingerprint density at radius 1 is 0.976 bits per heavy atom. The summed E-state index contributed by atoms with van der Waals surface area (Å²) < 4.78 is 5.49. The van der Waals surface area contributed by atoms with E-state index in [1.807, 2.05) is 44.2 Å². The van der Waals surface area contributed by atoms with Crippen LogP contribution in [0.1, 0.15) is 96.4 Å². The zero-order chi connectivity index (χ0) is 30.4. The number of nitrogens with one attached hydrogen (secondary N) is 2. The van der Waals surface area contributed by atoms with E-state index >= 15 is 0 Å². The van der Waals surface area contributed by atoms with Crippen LogP contribution in [0.3, 0.4) is 0 Å². The van der Waals surface area contributed by atoms with E-state index in [1.54, 1.807) is 49.9 Å². The molecule has 3 atom stereocenters. The highest BCUT2D eigenvalue weighted by atomic mass is 16.6. The Morgan fingerprint density at radius 2 is 1.63 bits per heavy atom. The largest absolute Gasteiger partial charge is 0.444 e. The highest BCUT2D eigenvalue weighted by Crippen LogP contribution is 2.26. The minimum Gasteiger partial charge on any atom is -0.444 e. The van der Waals surface area contributed by atoms with Crippen molar-refractivity contribution in [3.8, 4) is 12.3 Å². The number of hydrogen-bond acceptors (Lipinski definition) is 4. The van der Waals surface area contributed by atoms with E-state index in [4.69, 9.17) is 11.2 Å². The fourth-order valence-electron chi connectivity index (χ4n) is 4.49.